The molecule has 0 aliphatic heterocycles. The number of H-pyrrole nitrogens is 1. The number of hydrogen-bond acceptors (Lipinski definition) is 2. The van der Waals surface area contributed by atoms with Gasteiger partial charge >= 0.3 is 0 Å². The first-order valence-electron chi connectivity index (χ1n) is 9.25. The van der Waals surface area contributed by atoms with Crippen LogP contribution in [0.2, 0.25) is 0 Å². The molecule has 0 saturated carbocycles. The number of methoxy groups -OCH3 is 1. The smallest absolute Gasteiger partial charge is 0.224 e. The minimum absolute atomic E-state index is 0.0337. The Balaban J connectivity index is 1.41. The van der Waals surface area contributed by atoms with Gasteiger partial charge in [0, 0.05) is 23.1 Å². The molecule has 4 rings (SSSR count). The number of rotatable bonds is 5. The van der Waals surface area contributed by atoms with E-state index in [-0.39, 0.29) is 5.91 Å². The topological polar surface area (TPSA) is 54.1 Å². The summed E-state index contributed by atoms with van der Waals surface area (Å²) < 4.78 is 5.14. The van der Waals surface area contributed by atoms with E-state index < -0.39 is 0 Å². The van der Waals surface area contributed by atoms with Crippen molar-refractivity contribution in [3.05, 3.63) is 64.8 Å². The molecule has 0 unspecified atom stereocenters. The molecule has 1 amide bonds. The minimum atomic E-state index is 0.0337. The quantitative estimate of drug-likeness (QED) is 0.734. The van der Waals surface area contributed by atoms with Gasteiger partial charge in [0.1, 0.15) is 5.75 Å². The molecular formula is C22H24N2O2. The Morgan fingerprint density at radius 2 is 1.85 bits per heavy atom. The first-order chi connectivity index (χ1) is 12.7. The number of amides is 1. The van der Waals surface area contributed by atoms with Gasteiger partial charge in [0.25, 0.3) is 0 Å². The molecule has 3 aromatic rings. The largest absolute Gasteiger partial charge is 0.497 e. The Kier molecular flexibility index (Phi) is 4.65. The first-order valence-corrected chi connectivity index (χ1v) is 9.25. The van der Waals surface area contributed by atoms with Gasteiger partial charge in [-0.2, -0.15) is 0 Å². The van der Waals surface area contributed by atoms with Crippen LogP contribution >= 0.6 is 0 Å². The standard InChI is InChI=1S/C22H24N2O2/c1-26-17-9-6-15(7-10-17)13-22(25)23-14-16-8-11-21-19(12-16)18-4-2-3-5-20(18)24-21/h6-12,24H,2-5,13-14H2,1H3,(H,23,25). The number of aromatic amines is 1. The van der Waals surface area contributed by atoms with Gasteiger partial charge < -0.3 is 15.0 Å². The Labute approximate surface area is 153 Å². The molecule has 0 saturated heterocycles. The number of nitrogens with one attached hydrogen (secondary N) is 2. The van der Waals surface area contributed by atoms with Crippen LogP contribution in [-0.2, 0) is 30.6 Å². The van der Waals surface area contributed by atoms with Crippen LogP contribution in [0.5, 0.6) is 5.75 Å². The number of aromatic nitrogens is 1. The lowest BCUT2D eigenvalue weighted by Gasteiger charge is -2.11. The summed E-state index contributed by atoms with van der Waals surface area (Å²) in [7, 11) is 1.64. The Morgan fingerprint density at radius 1 is 1.08 bits per heavy atom. The summed E-state index contributed by atoms with van der Waals surface area (Å²) in [5.74, 6) is 0.837. The summed E-state index contributed by atoms with van der Waals surface area (Å²) in [5, 5.41) is 4.35. The summed E-state index contributed by atoms with van der Waals surface area (Å²) in [6.45, 7) is 0.560. The Morgan fingerprint density at radius 3 is 2.65 bits per heavy atom. The molecule has 0 atom stereocenters. The van der Waals surface area contributed by atoms with Crippen LogP contribution in [0.3, 0.4) is 0 Å². The molecule has 4 heteroatoms. The monoisotopic (exact) mass is 348 g/mol. The predicted octanol–water partition coefficient (Wildman–Crippen LogP) is 3.91. The van der Waals surface area contributed by atoms with E-state index >= 15 is 0 Å². The molecule has 1 heterocycles. The summed E-state index contributed by atoms with van der Waals surface area (Å²) in [6.07, 6.45) is 5.23. The van der Waals surface area contributed by atoms with Crippen LogP contribution in [0.1, 0.15) is 35.2 Å². The normalized spacial score (nSPS) is 13.4. The Hall–Kier alpha value is -2.75. The average molecular weight is 348 g/mol. The van der Waals surface area contributed by atoms with Gasteiger partial charge in [-0.1, -0.05) is 18.2 Å². The average Bonchev–Trinajstić information content (AvgIpc) is 3.05. The predicted molar refractivity (Wildman–Crippen MR) is 103 cm³/mol. The number of fused-ring (bicyclic) bond motifs is 3. The van der Waals surface area contributed by atoms with Gasteiger partial charge in [0.05, 0.1) is 13.5 Å². The van der Waals surface area contributed by atoms with Gasteiger partial charge in [-0.3, -0.25) is 4.79 Å². The van der Waals surface area contributed by atoms with Crippen molar-refractivity contribution in [1.82, 2.24) is 10.3 Å². The molecule has 1 aliphatic carbocycles. The van der Waals surface area contributed by atoms with Crippen LogP contribution < -0.4 is 10.1 Å². The van der Waals surface area contributed by atoms with Gasteiger partial charge in [0.15, 0.2) is 0 Å². The maximum atomic E-state index is 12.2. The molecule has 4 nitrogen and oxygen atoms in total. The van der Waals surface area contributed by atoms with Crippen LogP contribution in [-0.4, -0.2) is 18.0 Å². The highest BCUT2D eigenvalue weighted by atomic mass is 16.5. The fourth-order valence-electron chi connectivity index (χ4n) is 3.76. The van der Waals surface area contributed by atoms with Crippen molar-refractivity contribution in [2.24, 2.45) is 0 Å². The number of ether oxygens (including phenoxy) is 1. The van der Waals surface area contributed by atoms with Crippen molar-refractivity contribution >= 4 is 16.8 Å². The van der Waals surface area contributed by atoms with Gasteiger partial charge in [0.2, 0.25) is 5.91 Å². The summed E-state index contributed by atoms with van der Waals surface area (Å²) >= 11 is 0. The molecule has 0 spiro atoms. The third kappa shape index (κ3) is 3.45. The van der Waals surface area contributed by atoms with E-state index in [0.29, 0.717) is 13.0 Å². The Bertz CT molecular complexity index is 925. The third-order valence-corrected chi connectivity index (χ3v) is 5.18. The van der Waals surface area contributed by atoms with E-state index in [1.807, 2.05) is 24.3 Å². The molecule has 0 radical (unpaired) electrons. The van der Waals surface area contributed by atoms with Crippen LogP contribution in [0.25, 0.3) is 10.9 Å². The van der Waals surface area contributed by atoms with E-state index in [1.165, 1.54) is 35.0 Å². The molecule has 0 fully saturated rings. The van der Waals surface area contributed by atoms with E-state index in [4.69, 9.17) is 4.74 Å². The lowest BCUT2D eigenvalue weighted by molar-refractivity contribution is -0.120. The highest BCUT2D eigenvalue weighted by Gasteiger charge is 2.15. The van der Waals surface area contributed by atoms with Gasteiger partial charge in [-0.25, -0.2) is 0 Å². The van der Waals surface area contributed by atoms with Crippen molar-refractivity contribution in [3.63, 3.8) is 0 Å². The lowest BCUT2D eigenvalue weighted by Crippen LogP contribution is -2.24. The molecule has 1 aromatic heterocycles. The van der Waals surface area contributed by atoms with Crippen molar-refractivity contribution in [3.8, 4) is 5.75 Å². The number of aryl methyl sites for hydroxylation is 2. The van der Waals surface area contributed by atoms with E-state index in [1.54, 1.807) is 7.11 Å². The van der Waals surface area contributed by atoms with Crippen molar-refractivity contribution in [2.45, 2.75) is 38.6 Å². The zero-order chi connectivity index (χ0) is 17.9. The molecule has 0 bridgehead atoms. The van der Waals surface area contributed by atoms with Gasteiger partial charge in [-0.05, 0) is 66.6 Å². The van der Waals surface area contributed by atoms with Crippen LogP contribution in [0, 0.1) is 0 Å². The van der Waals surface area contributed by atoms with Crippen molar-refractivity contribution in [1.29, 1.82) is 0 Å². The minimum Gasteiger partial charge on any atom is -0.497 e. The SMILES string of the molecule is COc1ccc(CC(=O)NCc2ccc3[nH]c4c(c3c2)CCCC4)cc1. The number of carbonyl (C=O) groups excluding carboxylic acids is 1. The number of hydrogen-bond donors (Lipinski definition) is 2. The second-order valence-corrected chi connectivity index (χ2v) is 6.97. The summed E-state index contributed by atoms with van der Waals surface area (Å²) in [5.41, 5.74) is 6.21. The summed E-state index contributed by atoms with van der Waals surface area (Å²) in [6, 6.07) is 14.1. The number of carbonyl (C=O) groups is 1. The van der Waals surface area contributed by atoms with E-state index in [9.17, 15) is 4.79 Å². The second-order valence-electron chi connectivity index (χ2n) is 6.97. The molecular weight excluding hydrogens is 324 g/mol. The maximum Gasteiger partial charge on any atom is 0.224 e. The van der Waals surface area contributed by atoms with Crippen LogP contribution in [0.4, 0.5) is 0 Å². The highest BCUT2D eigenvalue weighted by molar-refractivity contribution is 5.86. The highest BCUT2D eigenvalue weighted by Crippen LogP contribution is 2.29. The second kappa shape index (κ2) is 7.24. The number of benzene rings is 2. The molecule has 134 valence electrons. The third-order valence-electron chi connectivity index (χ3n) is 5.18. The summed E-state index contributed by atoms with van der Waals surface area (Å²) in [4.78, 5) is 15.8. The van der Waals surface area contributed by atoms with E-state index in [0.717, 1.165) is 29.7 Å². The van der Waals surface area contributed by atoms with Gasteiger partial charge in [-0.15, -0.1) is 0 Å². The maximum absolute atomic E-state index is 12.2. The van der Waals surface area contributed by atoms with Crippen molar-refractivity contribution in [2.75, 3.05) is 7.11 Å². The first kappa shape index (κ1) is 16.7. The zero-order valence-corrected chi connectivity index (χ0v) is 15.1. The molecule has 26 heavy (non-hydrogen) atoms. The fourth-order valence-corrected chi connectivity index (χ4v) is 3.76. The fraction of sp³-hybridized carbons (Fsp3) is 0.318. The van der Waals surface area contributed by atoms with Crippen LogP contribution in [0.15, 0.2) is 42.5 Å². The molecule has 2 aromatic carbocycles. The molecule has 2 N–H and O–H groups in total. The van der Waals surface area contributed by atoms with Crippen molar-refractivity contribution < 1.29 is 9.53 Å². The lowest BCUT2D eigenvalue weighted by atomic mass is 9.95. The zero-order valence-electron chi connectivity index (χ0n) is 15.1. The molecule has 1 aliphatic rings. The van der Waals surface area contributed by atoms with E-state index in [2.05, 4.69) is 28.5 Å².